The van der Waals surface area contributed by atoms with Gasteiger partial charge in [0.05, 0.1) is 25.9 Å². The van der Waals surface area contributed by atoms with Gasteiger partial charge in [0.15, 0.2) is 0 Å². The highest BCUT2D eigenvalue weighted by Crippen LogP contribution is 2.39. The fourth-order valence-corrected chi connectivity index (χ4v) is 2.33. The predicted molar refractivity (Wildman–Crippen MR) is 50.9 cm³/mol. The van der Waals surface area contributed by atoms with E-state index in [1.807, 2.05) is 0 Å². The van der Waals surface area contributed by atoms with Gasteiger partial charge in [0.1, 0.15) is 0 Å². The lowest BCUT2D eigenvalue weighted by Crippen LogP contribution is -2.32. The number of hydrogen-bond donors (Lipinski definition) is 0. The first-order valence-corrected chi connectivity index (χ1v) is 5.05. The molecular formula is C9H15N3O2. The fourth-order valence-electron chi connectivity index (χ4n) is 2.33. The van der Waals surface area contributed by atoms with E-state index in [0.717, 1.165) is 32.7 Å². The summed E-state index contributed by atoms with van der Waals surface area (Å²) in [7, 11) is 0. The zero-order valence-corrected chi connectivity index (χ0v) is 8.19. The molecule has 2 fully saturated rings. The maximum Gasteiger partial charge on any atom is 0.0638 e. The van der Waals surface area contributed by atoms with Crippen molar-refractivity contribution in [1.29, 1.82) is 0 Å². The molecule has 2 saturated heterocycles. The Kier molecular flexibility index (Phi) is 2.91. The molecule has 0 aromatic rings. The van der Waals surface area contributed by atoms with Gasteiger partial charge in [0.2, 0.25) is 0 Å². The van der Waals surface area contributed by atoms with E-state index in [1.54, 1.807) is 0 Å². The third-order valence-electron chi connectivity index (χ3n) is 3.04. The van der Waals surface area contributed by atoms with Crippen LogP contribution in [0.3, 0.4) is 0 Å². The van der Waals surface area contributed by atoms with Gasteiger partial charge in [-0.15, -0.1) is 0 Å². The summed E-state index contributed by atoms with van der Waals surface area (Å²) < 4.78 is 11.1. The van der Waals surface area contributed by atoms with Crippen LogP contribution in [0.25, 0.3) is 10.4 Å². The quantitative estimate of drug-likeness (QED) is 0.385. The van der Waals surface area contributed by atoms with Crippen molar-refractivity contribution in [3.63, 3.8) is 0 Å². The summed E-state index contributed by atoms with van der Waals surface area (Å²) in [6.45, 7) is 2.90. The van der Waals surface area contributed by atoms with E-state index in [9.17, 15) is 0 Å². The summed E-state index contributed by atoms with van der Waals surface area (Å²) in [5.41, 5.74) is 8.42. The highest BCUT2D eigenvalue weighted by Gasteiger charge is 2.41. The van der Waals surface area contributed by atoms with Crippen LogP contribution < -0.4 is 0 Å². The van der Waals surface area contributed by atoms with Gasteiger partial charge in [-0.1, -0.05) is 5.11 Å². The molecule has 0 aliphatic carbocycles. The van der Waals surface area contributed by atoms with Gasteiger partial charge in [0.25, 0.3) is 0 Å². The molecule has 14 heavy (non-hydrogen) atoms. The van der Waals surface area contributed by atoms with E-state index in [1.165, 1.54) is 6.42 Å². The zero-order valence-electron chi connectivity index (χ0n) is 8.19. The molecule has 0 aromatic carbocycles. The molecule has 2 rings (SSSR count). The molecule has 5 nitrogen and oxygen atoms in total. The van der Waals surface area contributed by atoms with Gasteiger partial charge >= 0.3 is 0 Å². The maximum absolute atomic E-state index is 8.21. The van der Waals surface area contributed by atoms with Crippen LogP contribution in [-0.4, -0.2) is 32.5 Å². The molecule has 0 amide bonds. The first kappa shape index (κ1) is 9.77. The third-order valence-corrected chi connectivity index (χ3v) is 3.04. The Balaban J connectivity index is 1.88. The molecule has 0 bridgehead atoms. The lowest BCUT2D eigenvalue weighted by molar-refractivity contribution is -0.0135. The van der Waals surface area contributed by atoms with Crippen LogP contribution in [-0.2, 0) is 9.47 Å². The summed E-state index contributed by atoms with van der Waals surface area (Å²) in [5, 5.41) is 3.55. The topological polar surface area (TPSA) is 67.2 Å². The third kappa shape index (κ3) is 2.00. The van der Waals surface area contributed by atoms with E-state index in [-0.39, 0.29) is 11.5 Å². The van der Waals surface area contributed by atoms with Crippen molar-refractivity contribution in [3.8, 4) is 0 Å². The lowest BCUT2D eigenvalue weighted by atomic mass is 9.80. The van der Waals surface area contributed by atoms with E-state index < -0.39 is 0 Å². The largest absolute Gasteiger partial charge is 0.381 e. The average Bonchev–Trinajstić information content (AvgIpc) is 2.60. The number of ether oxygens (including phenoxy) is 2. The first-order chi connectivity index (χ1) is 6.85. The molecular weight excluding hydrogens is 182 g/mol. The Bertz CT molecular complexity index is 244. The molecule has 2 heterocycles. The van der Waals surface area contributed by atoms with E-state index in [2.05, 4.69) is 10.0 Å². The fraction of sp³-hybridized carbons (Fsp3) is 1.00. The SMILES string of the molecule is [N-]=[N+]=NC[C@@H]1C[C@]2(CCCOC2)CO1. The van der Waals surface area contributed by atoms with E-state index >= 15 is 0 Å². The minimum absolute atomic E-state index is 0.104. The Morgan fingerprint density at radius 2 is 2.43 bits per heavy atom. The van der Waals surface area contributed by atoms with Crippen LogP contribution in [0.15, 0.2) is 5.11 Å². The Labute approximate surface area is 83.0 Å². The Hall–Kier alpha value is -0.770. The number of nitrogens with zero attached hydrogens (tertiary/aromatic N) is 3. The van der Waals surface area contributed by atoms with Crippen molar-refractivity contribution in [1.82, 2.24) is 0 Å². The molecule has 0 radical (unpaired) electrons. The lowest BCUT2D eigenvalue weighted by Gasteiger charge is -2.31. The van der Waals surface area contributed by atoms with Crippen molar-refractivity contribution in [2.24, 2.45) is 10.5 Å². The maximum atomic E-state index is 8.21. The molecule has 2 atom stereocenters. The van der Waals surface area contributed by atoms with Crippen LogP contribution in [0.5, 0.6) is 0 Å². The van der Waals surface area contributed by atoms with Crippen LogP contribution in [0, 0.1) is 5.41 Å². The minimum atomic E-state index is 0.104. The Morgan fingerprint density at radius 1 is 1.50 bits per heavy atom. The smallest absolute Gasteiger partial charge is 0.0638 e. The summed E-state index contributed by atoms with van der Waals surface area (Å²) in [6, 6.07) is 0. The highest BCUT2D eigenvalue weighted by atomic mass is 16.5. The normalized spacial score (nSPS) is 37.0. The summed E-state index contributed by atoms with van der Waals surface area (Å²) >= 11 is 0. The molecule has 0 unspecified atom stereocenters. The van der Waals surface area contributed by atoms with E-state index in [0.29, 0.717) is 6.54 Å². The highest BCUT2D eigenvalue weighted by molar-refractivity contribution is 4.90. The standard InChI is InChI=1S/C9H15N3O2/c10-12-11-5-8-4-9(7-14-8)2-1-3-13-6-9/h8H,1-7H2/t8-,9-/m0/s1. The molecule has 2 aliphatic rings. The number of rotatable bonds is 2. The molecule has 2 aliphatic heterocycles. The number of hydrogen-bond acceptors (Lipinski definition) is 3. The van der Waals surface area contributed by atoms with Gasteiger partial charge < -0.3 is 9.47 Å². The van der Waals surface area contributed by atoms with Crippen LogP contribution in [0.1, 0.15) is 19.3 Å². The molecule has 78 valence electrons. The van der Waals surface area contributed by atoms with Crippen LogP contribution >= 0.6 is 0 Å². The van der Waals surface area contributed by atoms with Gasteiger partial charge in [-0.3, -0.25) is 0 Å². The van der Waals surface area contributed by atoms with Gasteiger partial charge in [-0.05, 0) is 24.8 Å². The average molecular weight is 197 g/mol. The van der Waals surface area contributed by atoms with Crippen molar-refractivity contribution >= 4 is 0 Å². The van der Waals surface area contributed by atoms with Crippen LogP contribution in [0.2, 0.25) is 0 Å². The second-order valence-corrected chi connectivity index (χ2v) is 4.21. The predicted octanol–water partition coefficient (Wildman–Crippen LogP) is 1.88. The van der Waals surface area contributed by atoms with Gasteiger partial charge in [-0.2, -0.15) is 0 Å². The van der Waals surface area contributed by atoms with Gasteiger partial charge in [-0.25, -0.2) is 0 Å². The zero-order chi connectivity index (χ0) is 9.86. The second-order valence-electron chi connectivity index (χ2n) is 4.21. The Morgan fingerprint density at radius 3 is 3.14 bits per heavy atom. The molecule has 1 spiro atoms. The monoisotopic (exact) mass is 197 g/mol. The summed E-state index contributed by atoms with van der Waals surface area (Å²) in [5.74, 6) is 0. The number of azide groups is 1. The summed E-state index contributed by atoms with van der Waals surface area (Å²) in [4.78, 5) is 2.75. The van der Waals surface area contributed by atoms with Crippen molar-refractivity contribution in [3.05, 3.63) is 10.4 Å². The first-order valence-electron chi connectivity index (χ1n) is 5.05. The van der Waals surface area contributed by atoms with Crippen molar-refractivity contribution in [2.45, 2.75) is 25.4 Å². The second kappa shape index (κ2) is 4.17. The minimum Gasteiger partial charge on any atom is -0.381 e. The van der Waals surface area contributed by atoms with Crippen molar-refractivity contribution in [2.75, 3.05) is 26.4 Å². The molecule has 5 heteroatoms. The van der Waals surface area contributed by atoms with Gasteiger partial charge in [0, 0.05) is 16.9 Å². The van der Waals surface area contributed by atoms with E-state index in [4.69, 9.17) is 15.0 Å². The van der Waals surface area contributed by atoms with Crippen LogP contribution in [0.4, 0.5) is 0 Å². The molecule has 0 N–H and O–H groups in total. The van der Waals surface area contributed by atoms with Crippen molar-refractivity contribution < 1.29 is 9.47 Å². The summed E-state index contributed by atoms with van der Waals surface area (Å²) in [6.07, 6.45) is 3.39. The molecule has 0 saturated carbocycles. The molecule has 0 aromatic heterocycles.